The summed E-state index contributed by atoms with van der Waals surface area (Å²) >= 11 is 0. The minimum atomic E-state index is 0.0328. The number of carbonyl (C=O) groups is 1. The van der Waals surface area contributed by atoms with Gasteiger partial charge in [0.05, 0.1) is 6.10 Å². The molecule has 1 aromatic carbocycles. The van der Waals surface area contributed by atoms with E-state index in [1.807, 2.05) is 17.0 Å². The Morgan fingerprint density at radius 1 is 1.09 bits per heavy atom. The van der Waals surface area contributed by atoms with Crippen LogP contribution in [0.1, 0.15) is 50.0 Å². The van der Waals surface area contributed by atoms with E-state index in [0.717, 1.165) is 44.1 Å². The Balaban J connectivity index is 1.34. The van der Waals surface area contributed by atoms with Crippen LogP contribution in [-0.2, 0) is 4.74 Å². The van der Waals surface area contributed by atoms with Crippen molar-refractivity contribution in [3.05, 3.63) is 29.8 Å². The molecule has 0 aromatic heterocycles. The molecule has 3 fully saturated rings. The number of carbonyl (C=O) groups excluding carboxylic acids is 1. The second-order valence-corrected chi connectivity index (χ2v) is 7.23. The van der Waals surface area contributed by atoms with Gasteiger partial charge >= 0.3 is 6.03 Å². The lowest BCUT2D eigenvalue weighted by molar-refractivity contribution is -0.0578. The van der Waals surface area contributed by atoms with Crippen LogP contribution in [0.15, 0.2) is 24.3 Å². The fourth-order valence-corrected chi connectivity index (χ4v) is 4.05. The Labute approximate surface area is 138 Å². The average Bonchev–Trinajstić information content (AvgIpc) is 2.54. The topological polar surface area (TPSA) is 41.6 Å². The number of likely N-dealkylation sites (tertiary alicyclic amines) is 1. The fraction of sp³-hybridized carbons (Fsp3) is 0.632. The maximum absolute atomic E-state index is 12.5. The largest absolute Gasteiger partial charge is 0.378 e. The zero-order valence-electron chi connectivity index (χ0n) is 13.7. The van der Waals surface area contributed by atoms with E-state index < -0.39 is 0 Å². The Hall–Kier alpha value is -1.55. The number of piperidine rings is 1. The number of amides is 2. The normalized spacial score (nSPS) is 27.9. The third-order valence-electron chi connectivity index (χ3n) is 5.74. The molecule has 2 heterocycles. The number of fused-ring (bicyclic) bond motifs is 1. The van der Waals surface area contributed by atoms with Gasteiger partial charge < -0.3 is 15.0 Å². The highest BCUT2D eigenvalue weighted by Crippen LogP contribution is 2.36. The van der Waals surface area contributed by atoms with Gasteiger partial charge in [0.15, 0.2) is 0 Å². The number of nitrogens with one attached hydrogen (secondary N) is 1. The third-order valence-corrected chi connectivity index (χ3v) is 5.74. The number of benzene rings is 1. The third kappa shape index (κ3) is 3.23. The molecule has 2 saturated heterocycles. The Bertz CT molecular complexity index is 553. The molecule has 1 aliphatic carbocycles. The number of rotatable bonds is 2. The van der Waals surface area contributed by atoms with Gasteiger partial charge in [-0.2, -0.15) is 0 Å². The summed E-state index contributed by atoms with van der Waals surface area (Å²) in [6.45, 7) is 2.52. The van der Waals surface area contributed by atoms with Gasteiger partial charge in [-0.15, -0.1) is 0 Å². The predicted molar refractivity (Wildman–Crippen MR) is 90.7 cm³/mol. The van der Waals surface area contributed by atoms with Crippen LogP contribution in [0.25, 0.3) is 0 Å². The first-order chi connectivity index (χ1) is 11.3. The number of hydrogen-bond acceptors (Lipinski definition) is 2. The van der Waals surface area contributed by atoms with Gasteiger partial charge in [-0.3, -0.25) is 0 Å². The summed E-state index contributed by atoms with van der Waals surface area (Å²) in [5.41, 5.74) is 2.31. The van der Waals surface area contributed by atoms with Crippen molar-refractivity contribution >= 4 is 11.7 Å². The van der Waals surface area contributed by atoms with E-state index in [-0.39, 0.29) is 6.03 Å². The van der Waals surface area contributed by atoms with Crippen molar-refractivity contribution in [3.8, 4) is 0 Å². The molecule has 3 aliphatic rings. The van der Waals surface area contributed by atoms with Gasteiger partial charge in [-0.1, -0.05) is 18.6 Å². The number of ether oxygens (including phenoxy) is 1. The summed E-state index contributed by atoms with van der Waals surface area (Å²) in [4.78, 5) is 14.5. The van der Waals surface area contributed by atoms with Crippen molar-refractivity contribution in [1.82, 2.24) is 4.90 Å². The van der Waals surface area contributed by atoms with Crippen LogP contribution >= 0.6 is 0 Å². The molecule has 0 bridgehead atoms. The number of hydrogen-bond donors (Lipinski definition) is 1. The molecule has 2 aliphatic heterocycles. The molecule has 0 radical (unpaired) electrons. The Morgan fingerprint density at radius 3 is 2.65 bits per heavy atom. The molecule has 4 nitrogen and oxygen atoms in total. The highest BCUT2D eigenvalue weighted by Gasteiger charge is 2.33. The number of anilines is 1. The summed E-state index contributed by atoms with van der Waals surface area (Å²) in [6, 6.07) is 8.45. The van der Waals surface area contributed by atoms with Gasteiger partial charge in [0.1, 0.15) is 0 Å². The highest BCUT2D eigenvalue weighted by molar-refractivity contribution is 5.89. The van der Waals surface area contributed by atoms with Gasteiger partial charge in [-0.25, -0.2) is 4.79 Å². The maximum atomic E-state index is 12.5. The standard InChI is InChI=1S/C19H26N2O2/c22-19(21-11-10-18-16(13-21)5-2-12-23-18)20-17-8-6-15(7-9-17)14-3-1-4-14/h6-9,14,16,18H,1-5,10-13H2,(H,20,22). The average molecular weight is 314 g/mol. The smallest absolute Gasteiger partial charge is 0.321 e. The van der Waals surface area contributed by atoms with E-state index in [2.05, 4.69) is 17.4 Å². The van der Waals surface area contributed by atoms with Crippen molar-refractivity contribution < 1.29 is 9.53 Å². The van der Waals surface area contributed by atoms with Crippen LogP contribution in [0.4, 0.5) is 10.5 Å². The summed E-state index contributed by atoms with van der Waals surface area (Å²) < 4.78 is 5.82. The van der Waals surface area contributed by atoms with Crippen molar-refractivity contribution in [2.75, 3.05) is 25.0 Å². The van der Waals surface area contributed by atoms with E-state index in [1.165, 1.54) is 31.2 Å². The van der Waals surface area contributed by atoms with Crippen molar-refractivity contribution in [3.63, 3.8) is 0 Å². The summed E-state index contributed by atoms with van der Waals surface area (Å²) in [5, 5.41) is 3.06. The summed E-state index contributed by atoms with van der Waals surface area (Å²) in [5.74, 6) is 1.26. The zero-order valence-corrected chi connectivity index (χ0v) is 13.7. The molecule has 1 saturated carbocycles. The van der Waals surface area contributed by atoms with Crippen LogP contribution < -0.4 is 5.32 Å². The predicted octanol–water partition coefficient (Wildman–Crippen LogP) is 3.99. The molecular weight excluding hydrogens is 288 g/mol. The first kappa shape index (κ1) is 15.0. The van der Waals surface area contributed by atoms with E-state index in [1.54, 1.807) is 0 Å². The lowest BCUT2D eigenvalue weighted by Crippen LogP contribution is -2.49. The minimum absolute atomic E-state index is 0.0328. The molecule has 23 heavy (non-hydrogen) atoms. The number of nitrogens with zero attached hydrogens (tertiary/aromatic N) is 1. The molecule has 0 spiro atoms. The molecule has 4 rings (SSSR count). The van der Waals surface area contributed by atoms with Crippen LogP contribution in [0, 0.1) is 5.92 Å². The maximum Gasteiger partial charge on any atom is 0.321 e. The molecule has 4 heteroatoms. The van der Waals surface area contributed by atoms with Crippen molar-refractivity contribution in [2.45, 2.75) is 50.5 Å². The highest BCUT2D eigenvalue weighted by atomic mass is 16.5. The van der Waals surface area contributed by atoms with E-state index in [9.17, 15) is 4.79 Å². The second kappa shape index (κ2) is 6.52. The zero-order chi connectivity index (χ0) is 15.6. The van der Waals surface area contributed by atoms with Crippen molar-refractivity contribution in [1.29, 1.82) is 0 Å². The van der Waals surface area contributed by atoms with Crippen LogP contribution in [0.3, 0.4) is 0 Å². The molecular formula is C19H26N2O2. The van der Waals surface area contributed by atoms with E-state index in [0.29, 0.717) is 12.0 Å². The molecule has 124 valence electrons. The quantitative estimate of drug-likeness (QED) is 0.897. The number of urea groups is 1. The molecule has 1 aromatic rings. The molecule has 2 unspecified atom stereocenters. The van der Waals surface area contributed by atoms with Crippen LogP contribution in [0.2, 0.25) is 0 Å². The first-order valence-electron chi connectivity index (χ1n) is 9.07. The van der Waals surface area contributed by atoms with E-state index in [4.69, 9.17) is 4.74 Å². The van der Waals surface area contributed by atoms with Gasteiger partial charge in [0.25, 0.3) is 0 Å². The lowest BCUT2D eigenvalue weighted by Gasteiger charge is -2.40. The van der Waals surface area contributed by atoms with Gasteiger partial charge in [-0.05, 0) is 55.7 Å². The Morgan fingerprint density at radius 2 is 1.91 bits per heavy atom. The lowest BCUT2D eigenvalue weighted by atomic mass is 9.80. The second-order valence-electron chi connectivity index (χ2n) is 7.23. The monoisotopic (exact) mass is 314 g/mol. The SMILES string of the molecule is O=C(Nc1ccc(C2CCC2)cc1)N1CCC2OCCCC2C1. The van der Waals surface area contributed by atoms with Crippen LogP contribution in [0.5, 0.6) is 0 Å². The van der Waals surface area contributed by atoms with Crippen LogP contribution in [-0.4, -0.2) is 36.7 Å². The summed E-state index contributed by atoms with van der Waals surface area (Å²) in [6.07, 6.45) is 7.62. The minimum Gasteiger partial charge on any atom is -0.378 e. The van der Waals surface area contributed by atoms with Gasteiger partial charge in [0.2, 0.25) is 0 Å². The fourth-order valence-electron chi connectivity index (χ4n) is 4.05. The first-order valence-corrected chi connectivity index (χ1v) is 9.07. The van der Waals surface area contributed by atoms with E-state index >= 15 is 0 Å². The van der Waals surface area contributed by atoms with Gasteiger partial charge in [0, 0.05) is 31.3 Å². The molecule has 1 N–H and O–H groups in total. The summed E-state index contributed by atoms with van der Waals surface area (Å²) in [7, 11) is 0. The molecule has 2 amide bonds. The molecule has 2 atom stereocenters. The Kier molecular flexibility index (Phi) is 4.25. The van der Waals surface area contributed by atoms with Crippen molar-refractivity contribution in [2.24, 2.45) is 5.92 Å².